The molecule has 0 amide bonds. The molecule has 0 unspecified atom stereocenters. The number of halogens is 1. The number of carbonyl (C=O) groups is 1. The normalized spacial score (nSPS) is 11.2. The predicted octanol–water partition coefficient (Wildman–Crippen LogP) is 4.08. The standard InChI is InChI=1S/C15H11ClO/c16-15-8-6-12(7-9-15)10-14(11-17)13-4-2-1-3-5-13/h1-11H. The molecular formula is C15H11ClO. The van der Waals surface area contributed by atoms with Gasteiger partial charge in [0.15, 0.2) is 6.29 Å². The fourth-order valence-corrected chi connectivity index (χ4v) is 1.68. The predicted molar refractivity (Wildman–Crippen MR) is 71.8 cm³/mol. The average molecular weight is 243 g/mol. The van der Waals surface area contributed by atoms with Gasteiger partial charge in [-0.3, -0.25) is 4.79 Å². The Morgan fingerprint density at radius 2 is 1.59 bits per heavy atom. The Balaban J connectivity index is 2.36. The molecule has 0 fully saturated rings. The molecule has 0 heterocycles. The Morgan fingerprint density at radius 1 is 0.941 bits per heavy atom. The third-order valence-electron chi connectivity index (χ3n) is 2.43. The molecule has 0 atom stereocenters. The Bertz CT molecular complexity index is 527. The molecule has 2 aromatic carbocycles. The van der Waals surface area contributed by atoms with Crippen molar-refractivity contribution in [2.75, 3.05) is 0 Å². The summed E-state index contributed by atoms with van der Waals surface area (Å²) < 4.78 is 0. The van der Waals surface area contributed by atoms with E-state index in [1.165, 1.54) is 0 Å². The first-order valence-corrected chi connectivity index (χ1v) is 5.65. The molecule has 0 saturated heterocycles. The minimum absolute atomic E-state index is 0.660. The number of hydrogen-bond acceptors (Lipinski definition) is 1. The lowest BCUT2D eigenvalue weighted by atomic mass is 10.0. The van der Waals surface area contributed by atoms with E-state index in [2.05, 4.69) is 0 Å². The van der Waals surface area contributed by atoms with Crippen LogP contribution in [0, 0.1) is 0 Å². The fraction of sp³-hybridized carbons (Fsp3) is 0. The molecule has 0 aliphatic heterocycles. The molecule has 17 heavy (non-hydrogen) atoms. The van der Waals surface area contributed by atoms with Crippen LogP contribution in [0.25, 0.3) is 11.6 Å². The highest BCUT2D eigenvalue weighted by Crippen LogP contribution is 2.17. The van der Waals surface area contributed by atoms with E-state index in [0.29, 0.717) is 10.6 Å². The lowest BCUT2D eigenvalue weighted by Gasteiger charge is -2.00. The first-order chi connectivity index (χ1) is 8.29. The summed E-state index contributed by atoms with van der Waals surface area (Å²) in [5, 5.41) is 0.689. The molecule has 84 valence electrons. The van der Waals surface area contributed by atoms with Crippen molar-refractivity contribution in [2.45, 2.75) is 0 Å². The van der Waals surface area contributed by atoms with Gasteiger partial charge in [-0.05, 0) is 29.3 Å². The largest absolute Gasteiger partial charge is 0.298 e. The van der Waals surface area contributed by atoms with Crippen LogP contribution in [0.2, 0.25) is 5.02 Å². The lowest BCUT2D eigenvalue weighted by Crippen LogP contribution is -1.85. The van der Waals surface area contributed by atoms with Crippen LogP contribution < -0.4 is 0 Å². The van der Waals surface area contributed by atoms with Crippen molar-refractivity contribution in [1.82, 2.24) is 0 Å². The maximum atomic E-state index is 11.1. The van der Waals surface area contributed by atoms with Crippen LogP contribution in [0.1, 0.15) is 11.1 Å². The van der Waals surface area contributed by atoms with Crippen molar-refractivity contribution >= 4 is 29.5 Å². The van der Waals surface area contributed by atoms with Gasteiger partial charge in [0.05, 0.1) is 0 Å². The zero-order chi connectivity index (χ0) is 12.1. The van der Waals surface area contributed by atoms with E-state index in [9.17, 15) is 4.79 Å². The minimum Gasteiger partial charge on any atom is -0.298 e. The van der Waals surface area contributed by atoms with Crippen LogP contribution in [0.3, 0.4) is 0 Å². The van der Waals surface area contributed by atoms with E-state index < -0.39 is 0 Å². The van der Waals surface area contributed by atoms with Crippen LogP contribution in [0.4, 0.5) is 0 Å². The van der Waals surface area contributed by atoms with Crippen molar-refractivity contribution < 1.29 is 4.79 Å². The van der Waals surface area contributed by atoms with Crippen LogP contribution in [-0.4, -0.2) is 6.29 Å². The number of hydrogen-bond donors (Lipinski definition) is 0. The Labute approximate surface area is 105 Å². The highest BCUT2D eigenvalue weighted by molar-refractivity contribution is 6.30. The summed E-state index contributed by atoms with van der Waals surface area (Å²) in [6, 6.07) is 17.0. The molecule has 0 radical (unpaired) electrons. The highest BCUT2D eigenvalue weighted by Gasteiger charge is 1.99. The van der Waals surface area contributed by atoms with Gasteiger partial charge in [-0.25, -0.2) is 0 Å². The van der Waals surface area contributed by atoms with Gasteiger partial charge in [0.25, 0.3) is 0 Å². The summed E-state index contributed by atoms with van der Waals surface area (Å²) in [6.45, 7) is 0. The summed E-state index contributed by atoms with van der Waals surface area (Å²) in [7, 11) is 0. The molecule has 2 heteroatoms. The van der Waals surface area contributed by atoms with Gasteiger partial charge in [0.2, 0.25) is 0 Å². The second-order valence-electron chi connectivity index (χ2n) is 3.64. The zero-order valence-corrected chi connectivity index (χ0v) is 9.89. The van der Waals surface area contributed by atoms with E-state index in [0.717, 1.165) is 17.4 Å². The lowest BCUT2D eigenvalue weighted by molar-refractivity contribution is -0.103. The molecule has 0 aliphatic rings. The van der Waals surface area contributed by atoms with Crippen molar-refractivity contribution in [2.24, 2.45) is 0 Å². The topological polar surface area (TPSA) is 17.1 Å². The quantitative estimate of drug-likeness (QED) is 0.450. The molecule has 0 bridgehead atoms. The number of benzene rings is 2. The van der Waals surface area contributed by atoms with Crippen LogP contribution in [-0.2, 0) is 4.79 Å². The average Bonchev–Trinajstić information content (AvgIpc) is 2.39. The first kappa shape index (κ1) is 11.6. The summed E-state index contributed by atoms with van der Waals surface area (Å²) in [4.78, 5) is 11.1. The molecule has 0 aliphatic carbocycles. The second kappa shape index (κ2) is 5.46. The summed E-state index contributed by atoms with van der Waals surface area (Å²) in [5.74, 6) is 0. The molecule has 2 rings (SSSR count). The zero-order valence-electron chi connectivity index (χ0n) is 9.14. The first-order valence-electron chi connectivity index (χ1n) is 5.27. The molecule has 0 spiro atoms. The Morgan fingerprint density at radius 3 is 2.18 bits per heavy atom. The molecule has 1 nitrogen and oxygen atoms in total. The van der Waals surface area contributed by atoms with Gasteiger partial charge in [-0.2, -0.15) is 0 Å². The van der Waals surface area contributed by atoms with Gasteiger partial charge >= 0.3 is 0 Å². The van der Waals surface area contributed by atoms with E-state index >= 15 is 0 Å². The molecule has 2 aromatic rings. The highest BCUT2D eigenvalue weighted by atomic mass is 35.5. The third-order valence-corrected chi connectivity index (χ3v) is 2.68. The van der Waals surface area contributed by atoms with Gasteiger partial charge in [-0.1, -0.05) is 54.1 Å². The van der Waals surface area contributed by atoms with Crippen LogP contribution in [0.15, 0.2) is 54.6 Å². The van der Waals surface area contributed by atoms with Crippen molar-refractivity contribution in [3.63, 3.8) is 0 Å². The van der Waals surface area contributed by atoms with Gasteiger partial charge in [-0.15, -0.1) is 0 Å². The van der Waals surface area contributed by atoms with E-state index in [4.69, 9.17) is 11.6 Å². The monoisotopic (exact) mass is 242 g/mol. The van der Waals surface area contributed by atoms with Gasteiger partial charge in [0, 0.05) is 10.6 Å². The minimum atomic E-state index is 0.660. The maximum Gasteiger partial charge on any atom is 0.150 e. The molecule has 0 N–H and O–H groups in total. The van der Waals surface area contributed by atoms with E-state index in [-0.39, 0.29) is 0 Å². The Kier molecular flexibility index (Phi) is 3.73. The van der Waals surface area contributed by atoms with Crippen molar-refractivity contribution in [1.29, 1.82) is 0 Å². The number of rotatable bonds is 3. The third kappa shape index (κ3) is 3.05. The van der Waals surface area contributed by atoms with Gasteiger partial charge in [0.1, 0.15) is 0 Å². The molecule has 0 aromatic heterocycles. The maximum absolute atomic E-state index is 11.1. The smallest absolute Gasteiger partial charge is 0.150 e. The number of allylic oxidation sites excluding steroid dienone is 1. The summed E-state index contributed by atoms with van der Waals surface area (Å²) >= 11 is 5.81. The number of carbonyl (C=O) groups excluding carboxylic acids is 1. The second-order valence-corrected chi connectivity index (χ2v) is 4.07. The fourth-order valence-electron chi connectivity index (χ4n) is 1.55. The molecule has 0 saturated carbocycles. The molecular weight excluding hydrogens is 232 g/mol. The summed E-state index contributed by atoms with van der Waals surface area (Å²) in [6.07, 6.45) is 2.71. The summed E-state index contributed by atoms with van der Waals surface area (Å²) in [5.41, 5.74) is 2.53. The van der Waals surface area contributed by atoms with E-state index in [1.807, 2.05) is 48.5 Å². The van der Waals surface area contributed by atoms with Crippen LogP contribution >= 0.6 is 11.6 Å². The Hall–Kier alpha value is -1.86. The SMILES string of the molecule is O=CC(=Cc1ccc(Cl)cc1)c1ccccc1. The van der Waals surface area contributed by atoms with Crippen molar-refractivity contribution in [3.05, 3.63) is 70.7 Å². The van der Waals surface area contributed by atoms with E-state index in [1.54, 1.807) is 12.1 Å². The number of aldehydes is 1. The van der Waals surface area contributed by atoms with Crippen LogP contribution in [0.5, 0.6) is 0 Å². The van der Waals surface area contributed by atoms with Crippen molar-refractivity contribution in [3.8, 4) is 0 Å². The van der Waals surface area contributed by atoms with Gasteiger partial charge < -0.3 is 0 Å².